The molecule has 36 heavy (non-hydrogen) atoms. The van der Waals surface area contributed by atoms with Crippen LogP contribution in [0.3, 0.4) is 0 Å². The molecule has 1 aromatic carbocycles. The van der Waals surface area contributed by atoms with Gasteiger partial charge in [-0.15, -0.1) is 0 Å². The lowest BCUT2D eigenvalue weighted by molar-refractivity contribution is -0.140. The van der Waals surface area contributed by atoms with Crippen LogP contribution < -0.4 is 5.32 Å². The summed E-state index contributed by atoms with van der Waals surface area (Å²) in [4.78, 5) is 24.4. The third-order valence-corrected chi connectivity index (χ3v) is 6.84. The third kappa shape index (κ3) is 5.91. The number of rotatable bonds is 10. The number of alkyl halides is 3. The number of aliphatic carboxylic acids is 1. The highest BCUT2D eigenvalue weighted by molar-refractivity contribution is 6.03. The van der Waals surface area contributed by atoms with Crippen molar-refractivity contribution >= 4 is 17.6 Å². The van der Waals surface area contributed by atoms with Crippen LogP contribution in [-0.2, 0) is 23.9 Å². The molecule has 5 nitrogen and oxygen atoms in total. The molecule has 0 aliphatic heterocycles. The SMILES string of the molecule is CCCn1c(CCCC2=CCCC=C2)ccc1C(=O)Nc1ccc(C(F)(F)F)c([C@@H]2C[C@@H]2C(=O)O)c1. The summed E-state index contributed by atoms with van der Waals surface area (Å²) >= 11 is 0. The molecule has 0 radical (unpaired) electrons. The summed E-state index contributed by atoms with van der Waals surface area (Å²) in [7, 11) is 0. The van der Waals surface area contributed by atoms with Gasteiger partial charge in [0.25, 0.3) is 5.91 Å². The Morgan fingerprint density at radius 1 is 1.14 bits per heavy atom. The minimum atomic E-state index is -4.60. The van der Waals surface area contributed by atoms with E-state index in [9.17, 15) is 27.9 Å². The number of carbonyl (C=O) groups excluding carboxylic acids is 1. The molecule has 2 atom stereocenters. The molecular weight excluding hydrogens is 469 g/mol. The number of halogens is 3. The molecule has 2 aliphatic rings. The van der Waals surface area contributed by atoms with Crippen LogP contribution in [0, 0.1) is 5.92 Å². The molecular formula is C28H31F3N2O3. The number of aromatic nitrogens is 1. The molecule has 192 valence electrons. The van der Waals surface area contributed by atoms with E-state index in [0.717, 1.165) is 50.3 Å². The number of benzene rings is 1. The molecule has 1 heterocycles. The molecule has 1 aromatic heterocycles. The van der Waals surface area contributed by atoms with E-state index in [1.54, 1.807) is 6.07 Å². The summed E-state index contributed by atoms with van der Waals surface area (Å²) in [6.45, 7) is 2.69. The number of nitrogens with one attached hydrogen (secondary N) is 1. The lowest BCUT2D eigenvalue weighted by atomic mass is 10.0. The van der Waals surface area contributed by atoms with Crippen molar-refractivity contribution in [3.05, 3.63) is 76.6 Å². The highest BCUT2D eigenvalue weighted by atomic mass is 19.4. The van der Waals surface area contributed by atoms with Crippen LogP contribution in [0.2, 0.25) is 0 Å². The first-order valence-electron chi connectivity index (χ1n) is 12.5. The van der Waals surface area contributed by atoms with Crippen molar-refractivity contribution in [2.24, 2.45) is 5.92 Å². The van der Waals surface area contributed by atoms with Gasteiger partial charge in [-0.05, 0) is 86.8 Å². The van der Waals surface area contributed by atoms with E-state index in [1.165, 1.54) is 17.7 Å². The third-order valence-electron chi connectivity index (χ3n) is 6.84. The number of hydrogen-bond donors (Lipinski definition) is 2. The van der Waals surface area contributed by atoms with E-state index >= 15 is 0 Å². The lowest BCUT2D eigenvalue weighted by Crippen LogP contribution is -2.19. The number of aryl methyl sites for hydroxylation is 1. The van der Waals surface area contributed by atoms with Crippen LogP contribution >= 0.6 is 0 Å². The van der Waals surface area contributed by atoms with Crippen molar-refractivity contribution in [1.29, 1.82) is 0 Å². The molecule has 2 aliphatic carbocycles. The second-order valence-electron chi connectivity index (χ2n) is 9.51. The van der Waals surface area contributed by atoms with Crippen molar-refractivity contribution in [1.82, 2.24) is 4.57 Å². The van der Waals surface area contributed by atoms with Crippen LogP contribution in [0.25, 0.3) is 0 Å². The fourth-order valence-corrected chi connectivity index (χ4v) is 4.95. The molecule has 2 N–H and O–H groups in total. The van der Waals surface area contributed by atoms with Crippen LogP contribution in [0.5, 0.6) is 0 Å². The summed E-state index contributed by atoms with van der Waals surface area (Å²) in [6.07, 6.45) is 7.93. The number of carbonyl (C=O) groups is 2. The predicted octanol–water partition coefficient (Wildman–Crippen LogP) is 6.96. The molecule has 1 saturated carbocycles. The average molecular weight is 501 g/mol. The quantitative estimate of drug-likeness (QED) is 0.371. The standard InChI is InChI=1S/C28H31F3N2O3/c1-2-15-33-20(10-6-9-18-7-4-3-5-8-18)12-14-25(33)26(34)32-19-11-13-24(28(29,30)31)22(16-19)21-17-23(21)27(35)36/h4,7-8,11-14,16,21,23H,2-3,5-6,9-10,15,17H2,1H3,(H,32,34)(H,35,36)/t21-,23-/m0/s1. The van der Waals surface area contributed by atoms with Gasteiger partial charge in [-0.2, -0.15) is 13.2 Å². The van der Waals surface area contributed by atoms with Gasteiger partial charge in [0.15, 0.2) is 0 Å². The number of amides is 1. The van der Waals surface area contributed by atoms with Gasteiger partial charge >= 0.3 is 12.1 Å². The molecule has 1 amide bonds. The topological polar surface area (TPSA) is 71.3 Å². The zero-order valence-electron chi connectivity index (χ0n) is 20.3. The fraction of sp³-hybridized carbons (Fsp3) is 0.429. The van der Waals surface area contributed by atoms with E-state index in [-0.39, 0.29) is 17.7 Å². The number of anilines is 1. The van der Waals surface area contributed by atoms with Gasteiger partial charge in [-0.3, -0.25) is 9.59 Å². The zero-order valence-corrected chi connectivity index (χ0v) is 20.3. The summed E-state index contributed by atoms with van der Waals surface area (Å²) in [6, 6.07) is 7.12. The minimum Gasteiger partial charge on any atom is -0.481 e. The van der Waals surface area contributed by atoms with Gasteiger partial charge in [0, 0.05) is 17.9 Å². The highest BCUT2D eigenvalue weighted by Crippen LogP contribution is 2.51. The number of carboxylic acids is 1. The monoisotopic (exact) mass is 500 g/mol. The Kier molecular flexibility index (Phi) is 7.71. The zero-order chi connectivity index (χ0) is 25.9. The van der Waals surface area contributed by atoms with Gasteiger partial charge in [0.05, 0.1) is 11.5 Å². The second-order valence-corrected chi connectivity index (χ2v) is 9.51. The molecule has 2 aromatic rings. The number of allylic oxidation sites excluding steroid dienone is 4. The Morgan fingerprint density at radius 2 is 1.94 bits per heavy atom. The Hall–Kier alpha value is -3.29. The number of nitrogens with zero attached hydrogens (tertiary/aromatic N) is 1. The normalized spacial score (nSPS) is 19.2. The second kappa shape index (κ2) is 10.8. The largest absolute Gasteiger partial charge is 0.481 e. The van der Waals surface area contributed by atoms with Crippen molar-refractivity contribution < 1.29 is 27.9 Å². The molecule has 4 rings (SSSR count). The smallest absolute Gasteiger partial charge is 0.416 e. The van der Waals surface area contributed by atoms with Gasteiger partial charge in [0.1, 0.15) is 5.69 Å². The van der Waals surface area contributed by atoms with E-state index in [2.05, 4.69) is 23.5 Å². The number of carboxylic acid groups (broad SMARTS) is 1. The van der Waals surface area contributed by atoms with E-state index in [0.29, 0.717) is 12.2 Å². The lowest BCUT2D eigenvalue weighted by Gasteiger charge is -2.16. The summed E-state index contributed by atoms with van der Waals surface area (Å²) in [5, 5.41) is 11.9. The van der Waals surface area contributed by atoms with Gasteiger partial charge in [-0.1, -0.05) is 30.7 Å². The maximum absolute atomic E-state index is 13.5. The van der Waals surface area contributed by atoms with E-state index in [4.69, 9.17) is 0 Å². The van der Waals surface area contributed by atoms with Crippen LogP contribution in [-0.4, -0.2) is 21.6 Å². The van der Waals surface area contributed by atoms with Gasteiger partial charge in [0.2, 0.25) is 0 Å². The minimum absolute atomic E-state index is 0.0802. The van der Waals surface area contributed by atoms with Gasteiger partial charge in [-0.25, -0.2) is 0 Å². The van der Waals surface area contributed by atoms with Gasteiger partial charge < -0.3 is 15.0 Å². The van der Waals surface area contributed by atoms with E-state index in [1.807, 2.05) is 17.6 Å². The molecule has 0 spiro atoms. The first-order valence-corrected chi connectivity index (χ1v) is 12.5. The summed E-state index contributed by atoms with van der Waals surface area (Å²) in [5.74, 6) is -3.05. The van der Waals surface area contributed by atoms with Crippen LogP contribution in [0.4, 0.5) is 18.9 Å². The summed E-state index contributed by atoms with van der Waals surface area (Å²) in [5.41, 5.74) is 2.14. The Labute approximate surface area is 208 Å². The molecule has 0 unspecified atom stereocenters. The maximum Gasteiger partial charge on any atom is 0.416 e. The fourth-order valence-electron chi connectivity index (χ4n) is 4.95. The Bertz CT molecular complexity index is 1190. The number of hydrogen-bond acceptors (Lipinski definition) is 2. The molecule has 0 bridgehead atoms. The Morgan fingerprint density at radius 3 is 2.58 bits per heavy atom. The van der Waals surface area contributed by atoms with Crippen molar-refractivity contribution in [3.8, 4) is 0 Å². The molecule has 8 heteroatoms. The molecule has 0 saturated heterocycles. The first-order chi connectivity index (χ1) is 17.2. The summed E-state index contributed by atoms with van der Waals surface area (Å²) < 4.78 is 42.6. The maximum atomic E-state index is 13.5. The van der Waals surface area contributed by atoms with E-state index < -0.39 is 35.5 Å². The molecule has 1 fully saturated rings. The van der Waals surface area contributed by atoms with Crippen molar-refractivity contribution in [2.75, 3.05) is 5.32 Å². The van der Waals surface area contributed by atoms with Crippen LogP contribution in [0.15, 0.2) is 54.1 Å². The predicted molar refractivity (Wildman–Crippen MR) is 132 cm³/mol. The first kappa shape index (κ1) is 25.8. The average Bonchev–Trinajstić information content (AvgIpc) is 3.55. The van der Waals surface area contributed by atoms with Crippen molar-refractivity contribution in [2.45, 2.75) is 70.5 Å². The highest BCUT2D eigenvalue weighted by Gasteiger charge is 2.48. The Balaban J connectivity index is 1.50. The van der Waals surface area contributed by atoms with Crippen molar-refractivity contribution in [3.63, 3.8) is 0 Å². The van der Waals surface area contributed by atoms with Crippen LogP contribution in [0.1, 0.15) is 78.7 Å².